The van der Waals surface area contributed by atoms with Crippen LogP contribution in [0.2, 0.25) is 10.0 Å². The van der Waals surface area contributed by atoms with E-state index in [-0.39, 0.29) is 18.5 Å². The van der Waals surface area contributed by atoms with Gasteiger partial charge in [-0.3, -0.25) is 13.9 Å². The van der Waals surface area contributed by atoms with Gasteiger partial charge in [0.15, 0.2) is 0 Å². The summed E-state index contributed by atoms with van der Waals surface area (Å²) in [4.78, 5) is 28.1. The fourth-order valence-corrected chi connectivity index (χ4v) is 5.08. The minimum atomic E-state index is -3.80. The van der Waals surface area contributed by atoms with E-state index in [0.29, 0.717) is 33.3 Å². The van der Waals surface area contributed by atoms with Gasteiger partial charge in [-0.15, -0.1) is 0 Å². The average molecular weight is 543 g/mol. The molecule has 2 aromatic carbocycles. The fraction of sp³-hybridized carbons (Fsp3) is 0.440. The molecule has 2 aromatic rings. The van der Waals surface area contributed by atoms with Gasteiger partial charge in [0.1, 0.15) is 12.6 Å². The van der Waals surface area contributed by atoms with Crippen molar-refractivity contribution in [1.82, 2.24) is 10.2 Å². The van der Waals surface area contributed by atoms with Crippen molar-refractivity contribution >= 4 is 50.7 Å². The second-order valence-corrected chi connectivity index (χ2v) is 11.7. The first-order valence-corrected chi connectivity index (χ1v) is 13.9. The number of hydrogen-bond acceptors (Lipinski definition) is 4. The summed E-state index contributed by atoms with van der Waals surface area (Å²) in [7, 11) is -3.80. The van der Waals surface area contributed by atoms with Crippen LogP contribution in [0.5, 0.6) is 0 Å². The molecule has 2 amide bonds. The third kappa shape index (κ3) is 7.85. The van der Waals surface area contributed by atoms with Gasteiger partial charge in [-0.25, -0.2) is 8.42 Å². The zero-order valence-corrected chi connectivity index (χ0v) is 23.3. The highest BCUT2D eigenvalue weighted by molar-refractivity contribution is 7.92. The Balaban J connectivity index is 2.52. The second-order valence-electron chi connectivity index (χ2n) is 8.90. The predicted octanol–water partition coefficient (Wildman–Crippen LogP) is 4.71. The minimum absolute atomic E-state index is 0.0171. The van der Waals surface area contributed by atoms with Crippen molar-refractivity contribution < 1.29 is 18.0 Å². The SMILES string of the molecule is CC[C@H](C(=O)NC(C)C)N(Cc1ccc(Cl)cc1Cl)C(=O)CN(c1cc(C)ccc1C)S(C)(=O)=O. The van der Waals surface area contributed by atoms with Crippen LogP contribution < -0.4 is 9.62 Å². The van der Waals surface area contributed by atoms with Crippen molar-refractivity contribution in [3.63, 3.8) is 0 Å². The number of sulfonamides is 1. The van der Waals surface area contributed by atoms with E-state index in [1.165, 1.54) is 4.90 Å². The summed E-state index contributed by atoms with van der Waals surface area (Å²) >= 11 is 12.4. The standard InChI is InChI=1S/C25H33Cl2N3O4S/c1-7-22(25(32)28-16(2)3)29(14-19-10-11-20(26)13-21(19)27)24(31)15-30(35(6,33)34)23-12-17(4)8-9-18(23)5/h8-13,16,22H,7,14-15H2,1-6H3,(H,28,32)/t22-/m1/s1. The molecule has 1 N–H and O–H groups in total. The smallest absolute Gasteiger partial charge is 0.244 e. The van der Waals surface area contributed by atoms with Gasteiger partial charge in [0.25, 0.3) is 0 Å². The first-order valence-electron chi connectivity index (χ1n) is 11.3. The summed E-state index contributed by atoms with van der Waals surface area (Å²) in [5.74, 6) is -0.841. The van der Waals surface area contributed by atoms with E-state index in [0.717, 1.165) is 16.1 Å². The van der Waals surface area contributed by atoms with E-state index in [1.54, 1.807) is 38.1 Å². The lowest BCUT2D eigenvalue weighted by molar-refractivity contribution is -0.140. The quantitative estimate of drug-likeness (QED) is 0.471. The third-order valence-electron chi connectivity index (χ3n) is 5.49. The lowest BCUT2D eigenvalue weighted by atomic mass is 10.1. The van der Waals surface area contributed by atoms with Gasteiger partial charge in [-0.2, -0.15) is 0 Å². The van der Waals surface area contributed by atoms with Crippen LogP contribution in [0.4, 0.5) is 5.69 Å². The van der Waals surface area contributed by atoms with Crippen molar-refractivity contribution in [2.75, 3.05) is 17.1 Å². The summed E-state index contributed by atoms with van der Waals surface area (Å²) < 4.78 is 26.6. The van der Waals surface area contributed by atoms with Crippen LogP contribution in [0.1, 0.15) is 43.9 Å². The number of halogens is 2. The Morgan fingerprint density at radius 2 is 1.71 bits per heavy atom. The number of anilines is 1. The third-order valence-corrected chi connectivity index (χ3v) is 7.20. The van der Waals surface area contributed by atoms with E-state index in [4.69, 9.17) is 23.2 Å². The van der Waals surface area contributed by atoms with Crippen LogP contribution in [0, 0.1) is 13.8 Å². The molecule has 35 heavy (non-hydrogen) atoms. The van der Waals surface area contributed by atoms with Gasteiger partial charge in [0.05, 0.1) is 11.9 Å². The maximum Gasteiger partial charge on any atom is 0.244 e. The van der Waals surface area contributed by atoms with E-state index >= 15 is 0 Å². The van der Waals surface area contributed by atoms with Crippen LogP contribution in [0.25, 0.3) is 0 Å². The van der Waals surface area contributed by atoms with Crippen molar-refractivity contribution in [2.24, 2.45) is 0 Å². The molecule has 2 rings (SSSR count). The van der Waals surface area contributed by atoms with Gasteiger partial charge in [0, 0.05) is 22.6 Å². The van der Waals surface area contributed by atoms with Crippen molar-refractivity contribution in [3.05, 3.63) is 63.1 Å². The first kappa shape index (κ1) is 28.9. The number of nitrogens with zero attached hydrogens (tertiary/aromatic N) is 2. The van der Waals surface area contributed by atoms with Crippen LogP contribution in [0.15, 0.2) is 36.4 Å². The highest BCUT2D eigenvalue weighted by atomic mass is 35.5. The summed E-state index contributed by atoms with van der Waals surface area (Å²) in [6, 6.07) is 9.37. The number of rotatable bonds is 10. The molecule has 0 bridgehead atoms. The number of amides is 2. The number of carbonyl (C=O) groups is 2. The number of benzene rings is 2. The Bertz CT molecular complexity index is 1190. The molecule has 0 saturated heterocycles. The molecule has 0 heterocycles. The fourth-order valence-electron chi connectivity index (χ4n) is 3.72. The molecule has 0 unspecified atom stereocenters. The monoisotopic (exact) mass is 541 g/mol. The van der Waals surface area contributed by atoms with Crippen molar-refractivity contribution in [1.29, 1.82) is 0 Å². The Morgan fingerprint density at radius 3 is 2.26 bits per heavy atom. The van der Waals surface area contributed by atoms with Crippen molar-refractivity contribution in [3.8, 4) is 0 Å². The molecule has 0 aromatic heterocycles. The van der Waals surface area contributed by atoms with E-state index < -0.39 is 28.5 Å². The molecule has 7 nitrogen and oxygen atoms in total. The Hall–Kier alpha value is -2.29. The molecule has 0 aliphatic carbocycles. The van der Waals surface area contributed by atoms with E-state index in [1.807, 2.05) is 32.9 Å². The number of aryl methyl sites for hydroxylation is 2. The largest absolute Gasteiger partial charge is 0.352 e. The summed E-state index contributed by atoms with van der Waals surface area (Å²) in [6.07, 6.45) is 1.39. The molecular weight excluding hydrogens is 509 g/mol. The lowest BCUT2D eigenvalue weighted by Gasteiger charge is -2.33. The summed E-state index contributed by atoms with van der Waals surface area (Å²) in [6.45, 7) is 8.66. The maximum atomic E-state index is 13.7. The van der Waals surface area contributed by atoms with Gasteiger partial charge in [0.2, 0.25) is 21.8 Å². The molecule has 1 atom stereocenters. The molecule has 0 aliphatic rings. The van der Waals surface area contributed by atoms with E-state index in [9.17, 15) is 18.0 Å². The minimum Gasteiger partial charge on any atom is -0.352 e. The van der Waals surface area contributed by atoms with Crippen LogP contribution in [-0.4, -0.2) is 50.0 Å². The van der Waals surface area contributed by atoms with Crippen LogP contribution in [-0.2, 0) is 26.2 Å². The molecule has 0 fully saturated rings. The van der Waals surface area contributed by atoms with Crippen molar-refractivity contribution in [2.45, 2.75) is 59.7 Å². The molecule has 0 spiro atoms. The predicted molar refractivity (Wildman–Crippen MR) is 142 cm³/mol. The van der Waals surface area contributed by atoms with E-state index in [2.05, 4.69) is 5.32 Å². The Morgan fingerprint density at radius 1 is 1.06 bits per heavy atom. The van der Waals surface area contributed by atoms with Crippen LogP contribution in [0.3, 0.4) is 0 Å². The zero-order valence-electron chi connectivity index (χ0n) is 20.9. The molecule has 10 heteroatoms. The average Bonchev–Trinajstić information content (AvgIpc) is 2.73. The Labute approximate surface area is 218 Å². The summed E-state index contributed by atoms with van der Waals surface area (Å²) in [5, 5.41) is 3.65. The molecule has 192 valence electrons. The molecular formula is C25H33Cl2N3O4S. The highest BCUT2D eigenvalue weighted by Crippen LogP contribution is 2.26. The molecule has 0 radical (unpaired) electrons. The number of carbonyl (C=O) groups excluding carboxylic acids is 2. The molecule has 0 saturated carbocycles. The highest BCUT2D eigenvalue weighted by Gasteiger charge is 2.32. The van der Waals surface area contributed by atoms with Crippen LogP contribution >= 0.6 is 23.2 Å². The summed E-state index contributed by atoms with van der Waals surface area (Å²) in [5.41, 5.74) is 2.59. The number of hydrogen-bond donors (Lipinski definition) is 1. The number of nitrogens with one attached hydrogen (secondary N) is 1. The Kier molecular flexibility index (Phi) is 10.0. The molecule has 0 aliphatic heterocycles. The van der Waals surface area contributed by atoms with Gasteiger partial charge < -0.3 is 10.2 Å². The topological polar surface area (TPSA) is 86.8 Å². The van der Waals surface area contributed by atoms with Gasteiger partial charge in [-0.1, -0.05) is 48.3 Å². The first-order chi connectivity index (χ1) is 16.2. The van der Waals surface area contributed by atoms with Gasteiger partial charge >= 0.3 is 0 Å². The normalized spacial score (nSPS) is 12.4. The van der Waals surface area contributed by atoms with Gasteiger partial charge in [-0.05, 0) is 69.0 Å². The second kappa shape index (κ2) is 12.1. The maximum absolute atomic E-state index is 13.7. The zero-order chi connectivity index (χ0) is 26.5. The lowest BCUT2D eigenvalue weighted by Crippen LogP contribution is -2.53.